The van der Waals surface area contributed by atoms with Gasteiger partial charge in [0.15, 0.2) is 0 Å². The molecule has 0 spiro atoms. The van der Waals surface area contributed by atoms with E-state index in [2.05, 4.69) is 24.0 Å². The molecule has 0 aliphatic carbocycles. The van der Waals surface area contributed by atoms with Crippen molar-refractivity contribution in [2.45, 2.75) is 24.9 Å². The SMILES string of the molecule is C=CC(NCCC[Si](OC)(OC)OCCCN)c1ccccc1.O=C(O)O. The molecule has 8 nitrogen and oxygen atoms in total. The molecule has 1 aromatic rings. The molecule has 1 atom stereocenters. The van der Waals surface area contributed by atoms with Gasteiger partial charge >= 0.3 is 15.0 Å². The van der Waals surface area contributed by atoms with E-state index in [0.29, 0.717) is 13.2 Å². The summed E-state index contributed by atoms with van der Waals surface area (Å²) in [5, 5.41) is 17.4. The summed E-state index contributed by atoms with van der Waals surface area (Å²) >= 11 is 0. The number of rotatable bonds is 13. The standard InChI is InChI=1S/C17H30N2O3Si.CH2O3/c1-4-17(16-10-6-5-7-11-16)19-13-9-15-23(20-2,21-3)22-14-8-12-18;2-1(3)4/h4-7,10-11,17,19H,1,8-9,12-15,18H2,2-3H3;(H2,2,3,4). The van der Waals surface area contributed by atoms with Gasteiger partial charge in [0.25, 0.3) is 0 Å². The lowest BCUT2D eigenvalue weighted by molar-refractivity contribution is 0.0971. The van der Waals surface area contributed by atoms with E-state index in [-0.39, 0.29) is 6.04 Å². The minimum absolute atomic E-state index is 0.149. The second-order valence-corrected chi connectivity index (χ2v) is 8.52. The lowest BCUT2D eigenvalue weighted by Crippen LogP contribution is -2.44. The van der Waals surface area contributed by atoms with Crippen molar-refractivity contribution < 1.29 is 28.3 Å². The van der Waals surface area contributed by atoms with Gasteiger partial charge in [0.2, 0.25) is 0 Å². The highest BCUT2D eigenvalue weighted by Crippen LogP contribution is 2.17. The van der Waals surface area contributed by atoms with Crippen molar-refractivity contribution in [1.82, 2.24) is 5.32 Å². The summed E-state index contributed by atoms with van der Waals surface area (Å²) in [6, 6.07) is 11.2. The monoisotopic (exact) mass is 400 g/mol. The third-order valence-corrected chi connectivity index (χ3v) is 6.56. The van der Waals surface area contributed by atoms with Crippen LogP contribution in [0.25, 0.3) is 0 Å². The summed E-state index contributed by atoms with van der Waals surface area (Å²) in [4.78, 5) is 8.56. The third kappa shape index (κ3) is 11.5. The van der Waals surface area contributed by atoms with Crippen molar-refractivity contribution in [1.29, 1.82) is 0 Å². The first-order valence-electron chi connectivity index (χ1n) is 8.71. The Morgan fingerprint density at radius 1 is 1.26 bits per heavy atom. The maximum Gasteiger partial charge on any atom is 0.503 e. The van der Waals surface area contributed by atoms with Crippen LogP contribution in [0, 0.1) is 0 Å². The Hall–Kier alpha value is -1.75. The molecule has 0 amide bonds. The van der Waals surface area contributed by atoms with Gasteiger partial charge in [-0.2, -0.15) is 0 Å². The fourth-order valence-corrected chi connectivity index (χ4v) is 4.37. The zero-order valence-corrected chi connectivity index (χ0v) is 17.1. The number of carboxylic acid groups (broad SMARTS) is 2. The Labute approximate surface area is 162 Å². The van der Waals surface area contributed by atoms with Gasteiger partial charge in [-0.3, -0.25) is 0 Å². The maximum atomic E-state index is 8.56. The van der Waals surface area contributed by atoms with E-state index in [9.17, 15) is 0 Å². The van der Waals surface area contributed by atoms with Crippen molar-refractivity contribution in [3.8, 4) is 0 Å². The number of hydrogen-bond donors (Lipinski definition) is 4. The zero-order valence-electron chi connectivity index (χ0n) is 16.1. The van der Waals surface area contributed by atoms with Crippen LogP contribution in [0.5, 0.6) is 0 Å². The topological polar surface area (TPSA) is 123 Å². The molecule has 1 unspecified atom stereocenters. The number of nitrogens with one attached hydrogen (secondary N) is 1. The fourth-order valence-electron chi connectivity index (χ4n) is 2.35. The van der Waals surface area contributed by atoms with Crippen LogP contribution in [0.2, 0.25) is 6.04 Å². The van der Waals surface area contributed by atoms with E-state index < -0.39 is 15.0 Å². The Bertz CT molecular complexity index is 510. The van der Waals surface area contributed by atoms with E-state index >= 15 is 0 Å². The highest BCUT2D eigenvalue weighted by molar-refractivity contribution is 6.60. The van der Waals surface area contributed by atoms with Crippen LogP contribution in [0.4, 0.5) is 4.79 Å². The molecule has 0 aromatic heterocycles. The molecule has 0 aliphatic heterocycles. The van der Waals surface area contributed by atoms with Crippen LogP contribution in [-0.2, 0) is 13.3 Å². The molecule has 0 radical (unpaired) electrons. The maximum absolute atomic E-state index is 8.56. The van der Waals surface area contributed by atoms with E-state index in [1.54, 1.807) is 14.2 Å². The summed E-state index contributed by atoms with van der Waals surface area (Å²) < 4.78 is 17.0. The minimum atomic E-state index is -2.56. The predicted molar refractivity (Wildman–Crippen MR) is 107 cm³/mol. The highest BCUT2D eigenvalue weighted by Gasteiger charge is 2.38. The average molecular weight is 401 g/mol. The number of nitrogens with two attached hydrogens (primary N) is 1. The van der Waals surface area contributed by atoms with E-state index in [1.807, 2.05) is 24.3 Å². The molecule has 1 aromatic carbocycles. The van der Waals surface area contributed by atoms with Crippen LogP contribution >= 0.6 is 0 Å². The van der Waals surface area contributed by atoms with Gasteiger partial charge in [-0.05, 0) is 31.5 Å². The van der Waals surface area contributed by atoms with E-state index in [0.717, 1.165) is 25.4 Å². The smallest absolute Gasteiger partial charge is 0.450 e. The largest absolute Gasteiger partial charge is 0.503 e. The average Bonchev–Trinajstić information content (AvgIpc) is 2.67. The zero-order chi connectivity index (χ0) is 20.5. The van der Waals surface area contributed by atoms with Gasteiger partial charge in [-0.15, -0.1) is 6.58 Å². The lowest BCUT2D eigenvalue weighted by atomic mass is 10.1. The molecule has 5 N–H and O–H groups in total. The van der Waals surface area contributed by atoms with Gasteiger partial charge < -0.3 is 34.5 Å². The molecule has 27 heavy (non-hydrogen) atoms. The minimum Gasteiger partial charge on any atom is -0.450 e. The first-order chi connectivity index (χ1) is 12.9. The molecule has 0 bridgehead atoms. The summed E-state index contributed by atoms with van der Waals surface area (Å²) in [7, 11) is 0.746. The van der Waals surface area contributed by atoms with E-state index in [1.165, 1.54) is 5.56 Å². The Balaban J connectivity index is 0.00000153. The van der Waals surface area contributed by atoms with Crippen molar-refractivity contribution >= 4 is 15.0 Å². The van der Waals surface area contributed by atoms with Crippen molar-refractivity contribution in [3.63, 3.8) is 0 Å². The summed E-state index contributed by atoms with van der Waals surface area (Å²) in [6.07, 6.45) is 1.81. The first kappa shape index (κ1) is 25.2. The molecule has 1 rings (SSSR count). The van der Waals surface area contributed by atoms with Crippen LogP contribution in [-0.4, -0.2) is 59.1 Å². The molecule has 0 heterocycles. The molecular formula is C18H32N2O6Si. The number of benzene rings is 1. The Kier molecular flexibility index (Phi) is 14.3. The van der Waals surface area contributed by atoms with Gasteiger partial charge in [0.05, 0.1) is 6.04 Å². The molecule has 0 saturated carbocycles. The second kappa shape index (κ2) is 15.3. The molecule has 0 fully saturated rings. The van der Waals surface area contributed by atoms with Crippen molar-refractivity contribution in [2.24, 2.45) is 5.73 Å². The third-order valence-electron chi connectivity index (χ3n) is 3.71. The van der Waals surface area contributed by atoms with Gasteiger partial charge in [0.1, 0.15) is 0 Å². The van der Waals surface area contributed by atoms with Crippen molar-refractivity contribution in [3.05, 3.63) is 48.6 Å². The van der Waals surface area contributed by atoms with Gasteiger partial charge in [-0.1, -0.05) is 36.4 Å². The van der Waals surface area contributed by atoms with Crippen LogP contribution in [0.3, 0.4) is 0 Å². The fraction of sp³-hybridized carbons (Fsp3) is 0.500. The predicted octanol–water partition coefficient (Wildman–Crippen LogP) is 2.71. The lowest BCUT2D eigenvalue weighted by Gasteiger charge is -2.26. The summed E-state index contributed by atoms with van der Waals surface area (Å²) in [5.74, 6) is 0. The molecule has 0 aliphatic rings. The summed E-state index contributed by atoms with van der Waals surface area (Å²) in [6.45, 7) is 5.94. The highest BCUT2D eigenvalue weighted by atomic mass is 28.4. The van der Waals surface area contributed by atoms with Crippen LogP contribution < -0.4 is 11.1 Å². The quantitative estimate of drug-likeness (QED) is 0.226. The summed E-state index contributed by atoms with van der Waals surface area (Å²) in [5.41, 5.74) is 6.71. The molecule has 9 heteroatoms. The number of carbonyl (C=O) groups is 1. The van der Waals surface area contributed by atoms with Crippen LogP contribution in [0.1, 0.15) is 24.4 Å². The molecular weight excluding hydrogens is 368 g/mol. The normalized spacial score (nSPS) is 12.0. The number of hydrogen-bond acceptors (Lipinski definition) is 6. The van der Waals surface area contributed by atoms with E-state index in [4.69, 9.17) is 34.0 Å². The van der Waals surface area contributed by atoms with Crippen LogP contribution in [0.15, 0.2) is 43.0 Å². The Morgan fingerprint density at radius 2 is 1.85 bits per heavy atom. The molecule has 154 valence electrons. The second-order valence-electron chi connectivity index (χ2n) is 5.55. The first-order valence-corrected chi connectivity index (χ1v) is 10.6. The van der Waals surface area contributed by atoms with Gasteiger partial charge in [0, 0.05) is 26.9 Å². The Morgan fingerprint density at radius 3 is 2.33 bits per heavy atom. The van der Waals surface area contributed by atoms with Crippen molar-refractivity contribution in [2.75, 3.05) is 33.9 Å². The van der Waals surface area contributed by atoms with Gasteiger partial charge in [-0.25, -0.2) is 4.79 Å². The molecule has 0 saturated heterocycles.